The first-order valence-corrected chi connectivity index (χ1v) is 7.34. The molecule has 3 rings (SSSR count). The predicted octanol–water partition coefficient (Wildman–Crippen LogP) is 3.13. The van der Waals surface area contributed by atoms with Crippen LogP contribution in [0.3, 0.4) is 0 Å². The van der Waals surface area contributed by atoms with Gasteiger partial charge >= 0.3 is 0 Å². The average Bonchev–Trinajstić information content (AvgIpc) is 3.00. The Morgan fingerprint density at radius 3 is 2.82 bits per heavy atom. The van der Waals surface area contributed by atoms with Gasteiger partial charge in [-0.3, -0.25) is 4.79 Å². The fourth-order valence-corrected chi connectivity index (χ4v) is 2.38. The highest BCUT2D eigenvalue weighted by atomic mass is 35.5. The second-order valence-corrected chi connectivity index (χ2v) is 5.26. The van der Waals surface area contributed by atoms with Crippen LogP contribution in [-0.2, 0) is 6.54 Å². The number of nitrogens with zero attached hydrogens (tertiary/aromatic N) is 2. The van der Waals surface area contributed by atoms with Gasteiger partial charge in [-0.15, -0.1) is 0 Å². The predicted molar refractivity (Wildman–Crippen MR) is 82.2 cm³/mol. The van der Waals surface area contributed by atoms with Crippen molar-refractivity contribution in [2.45, 2.75) is 13.5 Å². The Morgan fingerprint density at radius 1 is 1.27 bits per heavy atom. The Hall–Kier alpha value is -2.27. The maximum atomic E-state index is 12.5. The molecule has 0 atom stereocenters. The van der Waals surface area contributed by atoms with Crippen LogP contribution in [0.2, 0.25) is 5.15 Å². The molecule has 0 fully saturated rings. The summed E-state index contributed by atoms with van der Waals surface area (Å²) in [5.41, 5.74) is 1.51. The van der Waals surface area contributed by atoms with Gasteiger partial charge in [0, 0.05) is 19.3 Å². The van der Waals surface area contributed by atoms with Gasteiger partial charge in [0.15, 0.2) is 11.5 Å². The summed E-state index contributed by atoms with van der Waals surface area (Å²) in [5, 5.41) is 0.371. The van der Waals surface area contributed by atoms with Gasteiger partial charge in [0.2, 0.25) is 6.79 Å². The van der Waals surface area contributed by atoms with Gasteiger partial charge in [0.1, 0.15) is 5.15 Å². The number of rotatable bonds is 4. The third-order valence-electron chi connectivity index (χ3n) is 3.45. The van der Waals surface area contributed by atoms with Gasteiger partial charge in [-0.25, -0.2) is 4.98 Å². The molecule has 1 aromatic carbocycles. The normalized spacial score (nSPS) is 12.3. The minimum Gasteiger partial charge on any atom is -0.454 e. The van der Waals surface area contributed by atoms with Crippen molar-refractivity contribution in [2.24, 2.45) is 0 Å². The topological polar surface area (TPSA) is 51.7 Å². The lowest BCUT2D eigenvalue weighted by atomic mass is 10.1. The Bertz CT molecular complexity index is 688. The molecule has 0 bridgehead atoms. The summed E-state index contributed by atoms with van der Waals surface area (Å²) in [6, 6.07) is 8.99. The minimum atomic E-state index is -0.0793. The number of fused-ring (bicyclic) bond motifs is 1. The first-order valence-electron chi connectivity index (χ1n) is 6.96. The second-order valence-electron chi connectivity index (χ2n) is 4.88. The van der Waals surface area contributed by atoms with E-state index in [4.69, 9.17) is 21.1 Å². The van der Waals surface area contributed by atoms with Gasteiger partial charge in [0.05, 0.1) is 5.56 Å². The van der Waals surface area contributed by atoms with E-state index in [1.807, 2.05) is 25.1 Å². The fourth-order valence-electron chi connectivity index (χ4n) is 2.27. The number of hydrogen-bond acceptors (Lipinski definition) is 4. The number of hydrogen-bond donors (Lipinski definition) is 0. The van der Waals surface area contributed by atoms with Crippen LogP contribution in [0.15, 0.2) is 36.5 Å². The number of carbonyl (C=O) groups is 1. The van der Waals surface area contributed by atoms with Crippen molar-refractivity contribution in [3.63, 3.8) is 0 Å². The maximum absolute atomic E-state index is 12.5. The molecule has 22 heavy (non-hydrogen) atoms. The van der Waals surface area contributed by atoms with Crippen LogP contribution in [0.25, 0.3) is 0 Å². The molecule has 0 saturated heterocycles. The summed E-state index contributed by atoms with van der Waals surface area (Å²) in [4.78, 5) is 18.2. The zero-order valence-corrected chi connectivity index (χ0v) is 12.8. The van der Waals surface area contributed by atoms with E-state index in [2.05, 4.69) is 4.98 Å². The number of aromatic nitrogens is 1. The first-order chi connectivity index (χ1) is 10.7. The van der Waals surface area contributed by atoms with Crippen LogP contribution < -0.4 is 9.47 Å². The fraction of sp³-hybridized carbons (Fsp3) is 0.250. The molecule has 0 aliphatic carbocycles. The summed E-state index contributed by atoms with van der Waals surface area (Å²) in [7, 11) is 0. The number of halogens is 1. The van der Waals surface area contributed by atoms with E-state index < -0.39 is 0 Å². The SMILES string of the molecule is CCN(Cc1ccc2c(c1)OCO2)C(=O)c1ccc(Cl)nc1. The number of ether oxygens (including phenoxy) is 2. The summed E-state index contributed by atoms with van der Waals surface area (Å²) < 4.78 is 10.7. The van der Waals surface area contributed by atoms with Crippen molar-refractivity contribution < 1.29 is 14.3 Å². The molecule has 2 aromatic rings. The largest absolute Gasteiger partial charge is 0.454 e. The molecular weight excluding hydrogens is 304 g/mol. The highest BCUT2D eigenvalue weighted by molar-refractivity contribution is 6.29. The van der Waals surface area contributed by atoms with E-state index in [9.17, 15) is 4.79 Å². The number of amides is 1. The second kappa shape index (κ2) is 6.23. The number of carbonyl (C=O) groups excluding carboxylic acids is 1. The lowest BCUT2D eigenvalue weighted by Crippen LogP contribution is -2.30. The van der Waals surface area contributed by atoms with Crippen molar-refractivity contribution in [2.75, 3.05) is 13.3 Å². The Labute approximate surface area is 133 Å². The highest BCUT2D eigenvalue weighted by Crippen LogP contribution is 2.32. The molecule has 114 valence electrons. The summed E-state index contributed by atoms with van der Waals surface area (Å²) in [5.74, 6) is 1.37. The average molecular weight is 319 g/mol. The van der Waals surface area contributed by atoms with Crippen LogP contribution in [0.5, 0.6) is 11.5 Å². The van der Waals surface area contributed by atoms with E-state index in [0.29, 0.717) is 29.6 Å². The van der Waals surface area contributed by atoms with Crippen LogP contribution >= 0.6 is 11.6 Å². The van der Waals surface area contributed by atoms with E-state index >= 15 is 0 Å². The zero-order valence-electron chi connectivity index (χ0n) is 12.1. The third-order valence-corrected chi connectivity index (χ3v) is 3.68. The van der Waals surface area contributed by atoms with Crippen LogP contribution in [0.1, 0.15) is 22.8 Å². The monoisotopic (exact) mass is 318 g/mol. The van der Waals surface area contributed by atoms with Gasteiger partial charge < -0.3 is 14.4 Å². The molecule has 6 heteroatoms. The van der Waals surface area contributed by atoms with E-state index in [1.165, 1.54) is 6.20 Å². The maximum Gasteiger partial charge on any atom is 0.255 e. The lowest BCUT2D eigenvalue weighted by Gasteiger charge is -2.21. The first kappa shape index (κ1) is 14.7. The quantitative estimate of drug-likeness (QED) is 0.813. The molecule has 1 aromatic heterocycles. The van der Waals surface area contributed by atoms with Gasteiger partial charge in [-0.05, 0) is 36.8 Å². The molecule has 0 spiro atoms. The Balaban J connectivity index is 1.76. The minimum absolute atomic E-state index is 0.0793. The smallest absolute Gasteiger partial charge is 0.255 e. The van der Waals surface area contributed by atoms with E-state index in [-0.39, 0.29) is 12.7 Å². The summed E-state index contributed by atoms with van der Waals surface area (Å²) in [6.07, 6.45) is 1.49. The summed E-state index contributed by atoms with van der Waals surface area (Å²) in [6.45, 7) is 3.27. The number of benzene rings is 1. The molecule has 1 amide bonds. The molecule has 0 N–H and O–H groups in total. The van der Waals surface area contributed by atoms with Crippen molar-refractivity contribution in [1.82, 2.24) is 9.88 Å². The standard InChI is InChI=1S/C16H15ClN2O3/c1-2-19(16(20)12-4-6-15(17)18-8-12)9-11-3-5-13-14(7-11)22-10-21-13/h3-8H,2,9-10H2,1H3. The van der Waals surface area contributed by atoms with Crippen molar-refractivity contribution >= 4 is 17.5 Å². The van der Waals surface area contributed by atoms with Gasteiger partial charge in [-0.1, -0.05) is 17.7 Å². The summed E-state index contributed by atoms with van der Waals surface area (Å²) >= 11 is 5.75. The van der Waals surface area contributed by atoms with E-state index in [1.54, 1.807) is 17.0 Å². The molecule has 0 unspecified atom stereocenters. The molecular formula is C16H15ClN2O3. The number of pyridine rings is 1. The third kappa shape index (κ3) is 2.99. The van der Waals surface area contributed by atoms with Gasteiger partial charge in [0.25, 0.3) is 5.91 Å². The Morgan fingerprint density at radius 2 is 2.09 bits per heavy atom. The molecule has 5 nitrogen and oxygen atoms in total. The van der Waals surface area contributed by atoms with Crippen molar-refractivity contribution in [3.05, 3.63) is 52.8 Å². The molecule has 2 heterocycles. The molecule has 0 radical (unpaired) electrons. The Kier molecular flexibility index (Phi) is 4.15. The van der Waals surface area contributed by atoms with Crippen LogP contribution in [0, 0.1) is 0 Å². The highest BCUT2D eigenvalue weighted by Gasteiger charge is 2.18. The molecule has 1 aliphatic heterocycles. The van der Waals surface area contributed by atoms with Crippen molar-refractivity contribution in [1.29, 1.82) is 0 Å². The van der Waals surface area contributed by atoms with Gasteiger partial charge in [-0.2, -0.15) is 0 Å². The van der Waals surface area contributed by atoms with Crippen LogP contribution in [-0.4, -0.2) is 29.1 Å². The molecule has 1 aliphatic rings. The lowest BCUT2D eigenvalue weighted by molar-refractivity contribution is 0.0752. The van der Waals surface area contributed by atoms with Crippen molar-refractivity contribution in [3.8, 4) is 11.5 Å². The zero-order chi connectivity index (χ0) is 15.5. The van der Waals surface area contributed by atoms with E-state index in [0.717, 1.165) is 11.3 Å². The molecule has 0 saturated carbocycles. The van der Waals surface area contributed by atoms with Crippen LogP contribution in [0.4, 0.5) is 0 Å².